The van der Waals surface area contributed by atoms with Crippen LogP contribution in [0.2, 0.25) is 0 Å². The Bertz CT molecular complexity index is 3460. The average molecular weight is 1970 g/mol. The Morgan fingerprint density at radius 2 is 0.614 bits per heavy atom. The highest BCUT2D eigenvalue weighted by molar-refractivity contribution is 8.01. The number of nitrogens with one attached hydrogen (secondary N) is 12. The van der Waals surface area contributed by atoms with Crippen LogP contribution in [0.3, 0.4) is 0 Å². The maximum absolute atomic E-state index is 3.69. The van der Waals surface area contributed by atoms with Crippen molar-refractivity contribution < 1.29 is 0 Å². The van der Waals surface area contributed by atoms with Crippen LogP contribution >= 0.6 is 23.5 Å². The van der Waals surface area contributed by atoms with Crippen LogP contribution in [0.15, 0.2) is 72.8 Å². The molecule has 0 aromatic heterocycles. The van der Waals surface area contributed by atoms with E-state index >= 15 is 0 Å². The number of piperidine rings is 9. The van der Waals surface area contributed by atoms with E-state index < -0.39 is 0 Å². The van der Waals surface area contributed by atoms with E-state index in [1.165, 1.54) is 493 Å². The van der Waals surface area contributed by atoms with Gasteiger partial charge in [-0.25, -0.2) is 0 Å². The predicted octanol–water partition coefficient (Wildman–Crippen LogP) is 28.3. The van der Waals surface area contributed by atoms with Gasteiger partial charge in [0.25, 0.3) is 0 Å². The molecule has 12 N–H and O–H groups in total. The lowest BCUT2D eigenvalue weighted by Crippen LogP contribution is -2.54. The van der Waals surface area contributed by atoms with Crippen molar-refractivity contribution in [2.24, 2.45) is 57.7 Å². The minimum atomic E-state index is 0. The zero-order valence-corrected chi connectivity index (χ0v) is 87.5. The minimum absolute atomic E-state index is 0. The minimum Gasteiger partial charge on any atom is -0.384 e. The first kappa shape index (κ1) is 118. The lowest BCUT2D eigenvalue weighted by Gasteiger charge is -2.51. The summed E-state index contributed by atoms with van der Waals surface area (Å²) in [6.45, 7) is 28.9. The summed E-state index contributed by atoms with van der Waals surface area (Å²) in [6, 6.07) is 26.7. The van der Waals surface area contributed by atoms with E-state index in [-0.39, 0.29) is 44.6 Å². The van der Waals surface area contributed by atoms with Crippen LogP contribution in [0.4, 0.5) is 11.4 Å². The number of nitrogens with zero attached hydrogens (tertiary/aromatic N) is 1. The summed E-state index contributed by atoms with van der Waals surface area (Å²) in [5, 5.41) is 42.4. The largest absolute Gasteiger partial charge is 0.384 e. The molecular weight excluding hydrogens is 1750 g/mol. The van der Waals surface area contributed by atoms with Crippen LogP contribution in [-0.4, -0.2) is 181 Å². The Morgan fingerprint density at radius 1 is 0.250 bits per heavy atom. The lowest BCUT2D eigenvalue weighted by atomic mass is 9.61. The molecule has 26 aliphatic rings. The van der Waals surface area contributed by atoms with Crippen molar-refractivity contribution in [2.75, 3.05) is 166 Å². The first-order chi connectivity index (χ1) is 66.0. The van der Waals surface area contributed by atoms with E-state index in [0.29, 0.717) is 36.8 Å². The fraction of sp³-hybridized carbons (Fsp3) is 0.856. The molecule has 12 saturated heterocycles. The van der Waals surface area contributed by atoms with Gasteiger partial charge >= 0.3 is 0 Å². The normalized spacial score (nSPS) is 30.7. The van der Waals surface area contributed by atoms with Crippen LogP contribution in [0.5, 0.6) is 0 Å². The summed E-state index contributed by atoms with van der Waals surface area (Å²) in [5.41, 5.74) is 13.5. The molecule has 3 aromatic carbocycles. The summed E-state index contributed by atoms with van der Waals surface area (Å²) in [7, 11) is 0. The summed E-state index contributed by atoms with van der Waals surface area (Å²) >= 11 is 4.45. The Labute approximate surface area is 873 Å². The molecule has 13 nitrogen and oxygen atoms in total. The molecule has 29 rings (SSSR count). The van der Waals surface area contributed by atoms with Gasteiger partial charge in [0.05, 0.1) is 0 Å². The fourth-order valence-corrected chi connectivity index (χ4v) is 34.8. The second kappa shape index (κ2) is 59.9. The number of para-hydroxylation sites is 2. The molecule has 23 fully saturated rings. The molecule has 9 spiro atoms. The number of benzene rings is 3. The number of thioether (sulfide) groups is 2. The monoisotopic (exact) mass is 1970 g/mol. The van der Waals surface area contributed by atoms with Gasteiger partial charge in [0, 0.05) is 126 Å². The van der Waals surface area contributed by atoms with Crippen molar-refractivity contribution in [1.82, 2.24) is 58.1 Å². The van der Waals surface area contributed by atoms with Crippen LogP contribution in [0.25, 0.3) is 0 Å². The molecular formula is C125H225N13S2. The molecule has 15 aliphatic heterocycles. The number of hydrogen-bond donors (Lipinski definition) is 12. The molecule has 802 valence electrons. The number of hydrogen-bond acceptors (Lipinski definition) is 15. The topological polar surface area (TPSA) is 148 Å². The molecule has 2 atom stereocenters. The highest BCUT2D eigenvalue weighted by atomic mass is 32.2. The first-order valence-corrected chi connectivity index (χ1v) is 60.8. The third kappa shape index (κ3) is 34.0. The van der Waals surface area contributed by atoms with Crippen LogP contribution in [0, 0.1) is 57.7 Å². The summed E-state index contributed by atoms with van der Waals surface area (Å²) in [5.74, 6) is 9.91. The maximum atomic E-state index is 3.69. The molecule has 2 unspecified atom stereocenters. The number of rotatable bonds is 0. The molecule has 8 bridgehead atoms. The SMILES string of the molecule is C.C.C.C.C.C.C1C2CC3CC1CN(C2)C3.C1CC2CNCC(C1)C2.C1CCC2(CC1)CCC2.C1CCC2(CC1)CCCC2.C1CCC2(CC1)CNCCS2.C1CCC2(CC1)CNCCS2.C1CCC2(CCNCC2)NC1.C1CNC2(C1)CCNCC2.C1NCC2CNCC1C2.c1ccc2c(c1)CC1(CCCCC1)CN2.c1ccc2c(c1)CNCC21CCCCC1.c1ccc2c(c1)NCC21CCCCC1. The summed E-state index contributed by atoms with van der Waals surface area (Å²) in [6.07, 6.45) is 88.0. The molecule has 11 saturated carbocycles. The zero-order chi connectivity index (χ0) is 91.1. The van der Waals surface area contributed by atoms with Gasteiger partial charge in [0.1, 0.15) is 0 Å². The van der Waals surface area contributed by atoms with Crippen LogP contribution in [-0.2, 0) is 23.8 Å². The quantitative estimate of drug-likeness (QED) is 0.104. The number of fused-ring (bicyclic) bond motifs is 9. The molecule has 0 amide bonds. The van der Waals surface area contributed by atoms with E-state index in [4.69, 9.17) is 0 Å². The Morgan fingerprint density at radius 3 is 1.04 bits per heavy atom. The van der Waals surface area contributed by atoms with Crippen molar-refractivity contribution in [2.45, 2.75) is 468 Å². The Balaban J connectivity index is 0.000000146. The van der Waals surface area contributed by atoms with Crippen molar-refractivity contribution in [1.29, 1.82) is 0 Å². The van der Waals surface area contributed by atoms with Gasteiger partial charge in [-0.15, -0.1) is 0 Å². The predicted molar refractivity (Wildman–Crippen MR) is 618 cm³/mol. The average Bonchev–Trinajstić information content (AvgIpc) is 1.54. The van der Waals surface area contributed by atoms with Gasteiger partial charge in [-0.3, -0.25) is 0 Å². The van der Waals surface area contributed by atoms with Gasteiger partial charge in [0.2, 0.25) is 0 Å². The van der Waals surface area contributed by atoms with Crippen molar-refractivity contribution in [3.05, 3.63) is 95.1 Å². The van der Waals surface area contributed by atoms with Crippen LogP contribution in [0.1, 0.15) is 446 Å². The molecule has 15 heteroatoms. The van der Waals surface area contributed by atoms with Gasteiger partial charge < -0.3 is 68.7 Å². The van der Waals surface area contributed by atoms with E-state index in [9.17, 15) is 0 Å². The van der Waals surface area contributed by atoms with Crippen molar-refractivity contribution in [3.8, 4) is 0 Å². The van der Waals surface area contributed by atoms with E-state index in [2.05, 4.69) is 165 Å². The van der Waals surface area contributed by atoms with Crippen LogP contribution < -0.4 is 63.8 Å². The first-order valence-electron chi connectivity index (χ1n) is 58.9. The van der Waals surface area contributed by atoms with Crippen molar-refractivity contribution >= 4 is 34.9 Å². The van der Waals surface area contributed by atoms with E-state index in [0.717, 1.165) is 58.8 Å². The fourth-order valence-electron chi connectivity index (χ4n) is 31.9. The van der Waals surface area contributed by atoms with Gasteiger partial charge in [-0.2, -0.15) is 23.5 Å². The second-order valence-electron chi connectivity index (χ2n) is 49.6. The second-order valence-corrected chi connectivity index (χ2v) is 52.8. The Kier molecular flexibility index (Phi) is 50.4. The van der Waals surface area contributed by atoms with E-state index in [1.54, 1.807) is 81.8 Å². The molecule has 140 heavy (non-hydrogen) atoms. The van der Waals surface area contributed by atoms with Gasteiger partial charge in [-0.1, -0.05) is 272 Å². The smallest absolute Gasteiger partial charge is 0.0379 e. The molecule has 3 aromatic rings. The highest BCUT2D eigenvalue weighted by Crippen LogP contribution is 2.54. The highest BCUT2D eigenvalue weighted by Gasteiger charge is 2.46. The maximum Gasteiger partial charge on any atom is 0.0379 e. The van der Waals surface area contributed by atoms with Crippen molar-refractivity contribution in [3.63, 3.8) is 0 Å². The Hall–Kier alpha value is -2.48. The molecule has 11 aliphatic carbocycles. The van der Waals surface area contributed by atoms with E-state index in [1.807, 2.05) is 0 Å². The standard InChI is InChI=1S/2C14H19N.C13H17N.C10H18.C9H18N2.2C9H17NS.C9H15N.C9H16.C8H16N2.C8H15N.C7H14N2.6CH4/c1-4-8-14(9-5-1)11-15-10-12-6-2-3-7-13(12)14;1-4-8-14(9-5-1)10-12-6-2-3-7-13(12)15-11-14;1-4-8-13(9-5-1)10-14-12-7-3-2-6-11(12)13;1-2-6-10(7-3-1)8-4-5-9-10;1-2-6-11-9(3-1)4-7-10-8-5-9;2*1-2-4-9(5-3-1)8-10-6-7-11-9;1-7-2-9-3-8(1)5-10(4-7)6-9;1-2-5-9(6-3-1)7-4-8-9;1-2-8(10-5-1)3-6-9-7-4-8;1-2-7-4-8(3-1)6-9-5-7;1-6-2-8-4-7(1)5-9-3-6;;;;;;/h2*2-3,6-7,15H,1,4-5,8-11H2;2-3,6-7,14H,1,4-5,8-10H2;1-9H2;10-11H,1-8H2;2*10H,1-8H2;7-9H,1-6H2;1-8H2;9-10H,1-7H2;7-9H,1-6H2;6-9H,1-5H2;6*1H4. The third-order valence-corrected chi connectivity index (χ3v) is 42.8. The third-order valence-electron chi connectivity index (χ3n) is 39.7. The zero-order valence-electron chi connectivity index (χ0n) is 85.8. The van der Waals surface area contributed by atoms with Gasteiger partial charge in [-0.05, 0) is 389 Å². The van der Waals surface area contributed by atoms with Gasteiger partial charge in [0.15, 0.2) is 0 Å². The number of anilines is 2. The molecule has 0 radical (unpaired) electrons. The molecule has 15 heterocycles. The summed E-state index contributed by atoms with van der Waals surface area (Å²) in [4.78, 5) is 2.69. The lowest BCUT2D eigenvalue weighted by molar-refractivity contribution is -0.0169. The summed E-state index contributed by atoms with van der Waals surface area (Å²) < 4.78 is 1.33.